The molecule has 3 nitrogen and oxygen atoms in total. The Hall–Kier alpha value is -1.38. The molecule has 0 aromatic carbocycles. The Labute approximate surface area is 226 Å². The Kier molecular flexibility index (Phi) is 6.29. The molecular weight excluding hydrogens is 456 g/mol. The number of ketones is 1. The number of hydrogen-bond acceptors (Lipinski definition) is 3. The molecule has 0 amide bonds. The molecule has 3 saturated carbocycles. The first-order chi connectivity index (χ1) is 17.1. The monoisotopic (exact) mass is 508 g/mol. The second kappa shape index (κ2) is 8.56. The van der Waals surface area contributed by atoms with Gasteiger partial charge >= 0.3 is 5.97 Å². The van der Waals surface area contributed by atoms with E-state index in [1.807, 2.05) is 6.92 Å². The summed E-state index contributed by atoms with van der Waals surface area (Å²) >= 11 is 0. The number of allylic oxidation sites excluding steroid dienone is 2. The minimum Gasteiger partial charge on any atom is -0.458 e. The maximum atomic E-state index is 13.7. The maximum absolute atomic E-state index is 13.7. The highest BCUT2D eigenvalue weighted by Crippen LogP contribution is 2.73. The minimum atomic E-state index is -0.129. The summed E-state index contributed by atoms with van der Waals surface area (Å²) in [5.74, 6) is 3.12. The summed E-state index contributed by atoms with van der Waals surface area (Å²) in [6.07, 6.45) is 9.80. The van der Waals surface area contributed by atoms with Gasteiger partial charge in [0.25, 0.3) is 0 Å². The van der Waals surface area contributed by atoms with Crippen molar-refractivity contribution in [3.63, 3.8) is 0 Å². The molecule has 0 radical (unpaired) electrons. The van der Waals surface area contributed by atoms with Gasteiger partial charge in [-0.15, -0.1) is 0 Å². The topological polar surface area (TPSA) is 43.4 Å². The van der Waals surface area contributed by atoms with E-state index in [1.54, 1.807) is 0 Å². The summed E-state index contributed by atoms with van der Waals surface area (Å²) in [5.41, 5.74) is 3.65. The van der Waals surface area contributed by atoms with E-state index in [2.05, 4.69) is 68.4 Å². The zero-order valence-corrected chi connectivity index (χ0v) is 25.3. The van der Waals surface area contributed by atoms with E-state index in [4.69, 9.17) is 4.74 Å². The Balaban J connectivity index is 1.50. The molecule has 0 aromatic heterocycles. The lowest BCUT2D eigenvalue weighted by atomic mass is 9.42. The van der Waals surface area contributed by atoms with Gasteiger partial charge in [0.15, 0.2) is 5.78 Å². The fourth-order valence-electron chi connectivity index (χ4n) is 10.5. The third kappa shape index (κ3) is 3.64. The molecule has 3 heteroatoms. The highest BCUT2D eigenvalue weighted by molar-refractivity contribution is 5.94. The fraction of sp³-hybridized carbons (Fsp3) is 0.824. The summed E-state index contributed by atoms with van der Waals surface area (Å²) in [6.45, 7) is 23.3. The summed E-state index contributed by atoms with van der Waals surface area (Å²) in [5, 5.41) is 0. The van der Waals surface area contributed by atoms with E-state index >= 15 is 0 Å². The Morgan fingerprint density at radius 2 is 1.68 bits per heavy atom. The van der Waals surface area contributed by atoms with Crippen LogP contribution >= 0.6 is 0 Å². The molecule has 9 atom stereocenters. The normalized spacial score (nSPS) is 46.3. The minimum absolute atomic E-state index is 0.0269. The molecule has 5 rings (SSSR count). The van der Waals surface area contributed by atoms with Crippen LogP contribution in [0.15, 0.2) is 22.8 Å². The number of rotatable bonds is 3. The van der Waals surface area contributed by atoms with Gasteiger partial charge in [0.05, 0.1) is 0 Å². The van der Waals surface area contributed by atoms with Gasteiger partial charge in [0, 0.05) is 23.3 Å². The van der Waals surface area contributed by atoms with Crippen LogP contribution in [0, 0.1) is 57.2 Å². The van der Waals surface area contributed by atoms with Crippen LogP contribution in [0.2, 0.25) is 0 Å². The number of ether oxygens (including phenoxy) is 1. The number of esters is 1. The van der Waals surface area contributed by atoms with Gasteiger partial charge in [0.2, 0.25) is 0 Å². The van der Waals surface area contributed by atoms with Gasteiger partial charge in [-0.05, 0) is 97.4 Å². The second-order valence-corrected chi connectivity index (χ2v) is 15.6. The van der Waals surface area contributed by atoms with E-state index in [-0.39, 0.29) is 39.7 Å². The molecule has 206 valence electrons. The van der Waals surface area contributed by atoms with Crippen molar-refractivity contribution >= 4 is 11.8 Å². The van der Waals surface area contributed by atoms with Crippen LogP contribution < -0.4 is 0 Å². The van der Waals surface area contributed by atoms with Gasteiger partial charge in [-0.1, -0.05) is 73.5 Å². The number of fused-ring (bicyclic) bond motifs is 5. The molecule has 0 bridgehead atoms. The SMILES string of the molecule is CC1=C(C(C)C)C[C@H](C(C)(C)[C@H]2CC[C@@]3(C)C4=CC(=O)[C@@H]5C[C@@H](C)[C@@H](C)C[C@]5(C)C4CC[C@]23C)OC1=O. The molecule has 5 aliphatic rings. The van der Waals surface area contributed by atoms with E-state index in [9.17, 15) is 9.59 Å². The van der Waals surface area contributed by atoms with Crippen LogP contribution in [0.25, 0.3) is 0 Å². The highest BCUT2D eigenvalue weighted by atomic mass is 16.5. The van der Waals surface area contributed by atoms with E-state index in [0.717, 1.165) is 31.3 Å². The van der Waals surface area contributed by atoms with Crippen molar-refractivity contribution in [1.82, 2.24) is 0 Å². The zero-order valence-electron chi connectivity index (χ0n) is 25.3. The molecule has 0 spiro atoms. The van der Waals surface area contributed by atoms with Gasteiger partial charge in [-0.25, -0.2) is 4.79 Å². The molecular formula is C34H52O3. The van der Waals surface area contributed by atoms with Crippen molar-refractivity contribution < 1.29 is 14.3 Å². The molecule has 1 aliphatic heterocycles. The number of carbonyl (C=O) groups is 2. The smallest absolute Gasteiger partial charge is 0.333 e. The van der Waals surface area contributed by atoms with Crippen LogP contribution in [0.3, 0.4) is 0 Å². The Morgan fingerprint density at radius 3 is 2.32 bits per heavy atom. The Bertz CT molecular complexity index is 1060. The number of carbonyl (C=O) groups excluding carboxylic acids is 2. The molecule has 0 aromatic rings. The highest BCUT2D eigenvalue weighted by Gasteiger charge is 2.67. The first-order valence-corrected chi connectivity index (χ1v) is 15.2. The predicted molar refractivity (Wildman–Crippen MR) is 150 cm³/mol. The van der Waals surface area contributed by atoms with Crippen molar-refractivity contribution in [1.29, 1.82) is 0 Å². The molecule has 1 heterocycles. The number of cyclic esters (lactones) is 1. The van der Waals surface area contributed by atoms with E-state index in [1.165, 1.54) is 30.4 Å². The van der Waals surface area contributed by atoms with Crippen molar-refractivity contribution in [3.8, 4) is 0 Å². The van der Waals surface area contributed by atoms with E-state index in [0.29, 0.717) is 35.4 Å². The molecule has 0 N–H and O–H groups in total. The zero-order chi connectivity index (χ0) is 27.3. The fourth-order valence-corrected chi connectivity index (χ4v) is 10.5. The van der Waals surface area contributed by atoms with Crippen LogP contribution in [-0.2, 0) is 14.3 Å². The largest absolute Gasteiger partial charge is 0.458 e. The van der Waals surface area contributed by atoms with Gasteiger partial charge in [0.1, 0.15) is 6.10 Å². The van der Waals surface area contributed by atoms with Crippen LogP contribution in [0.1, 0.15) is 114 Å². The van der Waals surface area contributed by atoms with Crippen LogP contribution in [-0.4, -0.2) is 17.9 Å². The lowest BCUT2D eigenvalue weighted by Gasteiger charge is -2.62. The summed E-state index contributed by atoms with van der Waals surface area (Å²) in [7, 11) is 0. The average molecular weight is 509 g/mol. The summed E-state index contributed by atoms with van der Waals surface area (Å²) in [6, 6.07) is 0. The molecule has 37 heavy (non-hydrogen) atoms. The maximum Gasteiger partial charge on any atom is 0.333 e. The van der Waals surface area contributed by atoms with Crippen molar-refractivity contribution in [3.05, 3.63) is 22.8 Å². The third-order valence-corrected chi connectivity index (χ3v) is 13.4. The standard InChI is InChI=1S/C34H52O3/c1-19(2)23-16-29(37-30(36)22(23)5)31(6,7)28-12-14-33(9)25-17-27(35)26-15-20(3)21(4)18-32(26,8)24(25)11-13-34(28,33)10/h17,19-21,24,26,28-29H,11-16,18H2,1-10H3/t20-,21+,24?,26+,28-,29-,32-,33+,34-/m1/s1. The lowest BCUT2D eigenvalue weighted by Crippen LogP contribution is -2.57. The average Bonchev–Trinajstić information content (AvgIpc) is 3.09. The van der Waals surface area contributed by atoms with Crippen molar-refractivity contribution in [2.75, 3.05) is 0 Å². The summed E-state index contributed by atoms with van der Waals surface area (Å²) < 4.78 is 6.18. The number of hydrogen-bond donors (Lipinski definition) is 0. The third-order valence-electron chi connectivity index (χ3n) is 13.4. The first kappa shape index (κ1) is 27.2. The lowest BCUT2D eigenvalue weighted by molar-refractivity contribution is -0.161. The predicted octanol–water partition coefficient (Wildman–Crippen LogP) is 8.33. The van der Waals surface area contributed by atoms with Crippen LogP contribution in [0.4, 0.5) is 0 Å². The molecule has 0 saturated heterocycles. The Morgan fingerprint density at radius 1 is 1.00 bits per heavy atom. The molecule has 4 aliphatic carbocycles. The molecule has 3 fully saturated rings. The van der Waals surface area contributed by atoms with Gasteiger partial charge < -0.3 is 4.74 Å². The second-order valence-electron chi connectivity index (χ2n) is 15.6. The van der Waals surface area contributed by atoms with Gasteiger partial charge in [-0.2, -0.15) is 0 Å². The first-order valence-electron chi connectivity index (χ1n) is 15.2. The van der Waals surface area contributed by atoms with Crippen molar-refractivity contribution in [2.24, 2.45) is 57.2 Å². The van der Waals surface area contributed by atoms with Crippen LogP contribution in [0.5, 0.6) is 0 Å². The molecule has 1 unspecified atom stereocenters. The summed E-state index contributed by atoms with van der Waals surface area (Å²) in [4.78, 5) is 26.7. The van der Waals surface area contributed by atoms with Crippen molar-refractivity contribution in [2.45, 2.75) is 120 Å². The van der Waals surface area contributed by atoms with Gasteiger partial charge in [-0.3, -0.25) is 4.79 Å². The quantitative estimate of drug-likeness (QED) is 0.360. The van der Waals surface area contributed by atoms with E-state index < -0.39 is 0 Å².